The Labute approximate surface area is 175 Å². The molecular formula is C19H18Cl2F3N3O2. The molecule has 0 fully saturated rings. The highest BCUT2D eigenvalue weighted by molar-refractivity contribution is 6.33. The second-order valence-corrected chi connectivity index (χ2v) is 7.26. The van der Waals surface area contributed by atoms with Gasteiger partial charge in [0.15, 0.2) is 0 Å². The van der Waals surface area contributed by atoms with Crippen molar-refractivity contribution in [2.45, 2.75) is 13.1 Å². The SMILES string of the molecule is Cc1ccc(NC(=O)CN(C)CC(=O)Nc2ccc(Cl)c(C(F)(F)F)c2)c(Cl)c1. The van der Waals surface area contributed by atoms with Gasteiger partial charge < -0.3 is 10.6 Å². The molecule has 2 rings (SSSR count). The van der Waals surface area contributed by atoms with E-state index in [0.717, 1.165) is 17.7 Å². The van der Waals surface area contributed by atoms with Crippen molar-refractivity contribution in [2.75, 3.05) is 30.8 Å². The first-order chi connectivity index (χ1) is 13.5. The minimum atomic E-state index is -4.63. The van der Waals surface area contributed by atoms with Crippen LogP contribution in [0.5, 0.6) is 0 Å². The van der Waals surface area contributed by atoms with Crippen molar-refractivity contribution < 1.29 is 22.8 Å². The molecule has 5 nitrogen and oxygen atoms in total. The monoisotopic (exact) mass is 447 g/mol. The Morgan fingerprint density at radius 2 is 1.59 bits per heavy atom. The molecule has 0 aliphatic rings. The molecule has 156 valence electrons. The molecule has 2 aromatic rings. The predicted octanol–water partition coefficient (Wildman–Crippen LogP) is 4.83. The second-order valence-electron chi connectivity index (χ2n) is 6.44. The maximum atomic E-state index is 12.9. The van der Waals surface area contributed by atoms with Crippen molar-refractivity contribution in [2.24, 2.45) is 0 Å². The lowest BCUT2D eigenvalue weighted by atomic mass is 10.2. The molecule has 0 saturated carbocycles. The molecule has 0 aromatic heterocycles. The fourth-order valence-corrected chi connectivity index (χ4v) is 2.99. The quantitative estimate of drug-likeness (QED) is 0.666. The number of amides is 2. The number of benzene rings is 2. The standard InChI is InChI=1S/C19H18Cl2F3N3O2/c1-11-3-6-16(15(21)7-11)26-18(29)10-27(2)9-17(28)25-12-4-5-14(20)13(8-12)19(22,23)24/h3-8H,9-10H2,1-2H3,(H,25,28)(H,26,29). The normalized spacial score (nSPS) is 11.4. The predicted molar refractivity (Wildman–Crippen MR) is 107 cm³/mol. The van der Waals surface area contributed by atoms with Gasteiger partial charge in [-0.15, -0.1) is 0 Å². The lowest BCUT2D eigenvalue weighted by Gasteiger charge is -2.17. The summed E-state index contributed by atoms with van der Waals surface area (Å²) in [6.07, 6.45) is -4.63. The number of aryl methyl sites for hydroxylation is 1. The molecule has 0 aliphatic carbocycles. The Hall–Kier alpha value is -2.29. The first kappa shape index (κ1) is 23.0. The molecule has 10 heteroatoms. The number of carbonyl (C=O) groups is 2. The van der Waals surface area contributed by atoms with E-state index in [0.29, 0.717) is 10.7 Å². The van der Waals surface area contributed by atoms with Crippen molar-refractivity contribution in [3.8, 4) is 0 Å². The van der Waals surface area contributed by atoms with Gasteiger partial charge in [-0.1, -0.05) is 29.3 Å². The zero-order chi connectivity index (χ0) is 21.8. The lowest BCUT2D eigenvalue weighted by Crippen LogP contribution is -2.36. The number of rotatable bonds is 6. The van der Waals surface area contributed by atoms with Crippen LogP contribution in [0.1, 0.15) is 11.1 Å². The van der Waals surface area contributed by atoms with E-state index in [1.807, 2.05) is 6.92 Å². The third-order valence-corrected chi connectivity index (χ3v) is 4.42. The van der Waals surface area contributed by atoms with Crippen molar-refractivity contribution in [3.05, 3.63) is 57.6 Å². The summed E-state index contributed by atoms with van der Waals surface area (Å²) in [7, 11) is 1.53. The Morgan fingerprint density at radius 1 is 0.966 bits per heavy atom. The molecule has 2 amide bonds. The topological polar surface area (TPSA) is 61.4 Å². The van der Waals surface area contributed by atoms with Crippen LogP contribution in [0.2, 0.25) is 10.0 Å². The molecule has 2 N–H and O–H groups in total. The Morgan fingerprint density at radius 3 is 2.17 bits per heavy atom. The zero-order valence-corrected chi connectivity index (χ0v) is 17.0. The second kappa shape index (κ2) is 9.47. The van der Waals surface area contributed by atoms with Crippen LogP contribution in [0.25, 0.3) is 0 Å². The van der Waals surface area contributed by atoms with Crippen LogP contribution in [0.4, 0.5) is 24.5 Å². The van der Waals surface area contributed by atoms with Crippen molar-refractivity contribution in [1.29, 1.82) is 0 Å². The van der Waals surface area contributed by atoms with Crippen LogP contribution in [0.3, 0.4) is 0 Å². The van der Waals surface area contributed by atoms with Gasteiger partial charge in [-0.25, -0.2) is 0 Å². The molecule has 0 saturated heterocycles. The highest BCUT2D eigenvalue weighted by Crippen LogP contribution is 2.36. The van der Waals surface area contributed by atoms with Gasteiger partial charge in [-0.2, -0.15) is 13.2 Å². The van der Waals surface area contributed by atoms with E-state index in [9.17, 15) is 22.8 Å². The van der Waals surface area contributed by atoms with E-state index in [1.165, 1.54) is 18.0 Å². The molecule has 0 heterocycles. The third kappa shape index (κ3) is 6.92. The van der Waals surface area contributed by atoms with E-state index in [2.05, 4.69) is 10.6 Å². The number of nitrogens with one attached hydrogen (secondary N) is 2. The summed E-state index contributed by atoms with van der Waals surface area (Å²) < 4.78 is 38.7. The van der Waals surface area contributed by atoms with Gasteiger partial charge in [0.2, 0.25) is 11.8 Å². The van der Waals surface area contributed by atoms with E-state index >= 15 is 0 Å². The molecule has 0 bridgehead atoms. The van der Waals surface area contributed by atoms with E-state index in [1.54, 1.807) is 18.2 Å². The Kier molecular flexibility index (Phi) is 7.51. The summed E-state index contributed by atoms with van der Waals surface area (Å²) in [5.74, 6) is -0.971. The van der Waals surface area contributed by atoms with Crippen LogP contribution in [0, 0.1) is 6.92 Å². The molecule has 0 aliphatic heterocycles. The number of nitrogens with zero attached hydrogens (tertiary/aromatic N) is 1. The summed E-state index contributed by atoms with van der Waals surface area (Å²) in [6.45, 7) is 1.54. The summed E-state index contributed by atoms with van der Waals surface area (Å²) in [5.41, 5.74) is 0.300. The molecular weight excluding hydrogens is 430 g/mol. The van der Waals surface area contributed by atoms with Crippen LogP contribution in [-0.4, -0.2) is 36.9 Å². The number of hydrogen-bond donors (Lipinski definition) is 2. The Bertz CT molecular complexity index is 920. The average molecular weight is 448 g/mol. The van der Waals surface area contributed by atoms with Crippen molar-refractivity contribution in [3.63, 3.8) is 0 Å². The summed E-state index contributed by atoms with van der Waals surface area (Å²) in [5, 5.41) is 4.93. The van der Waals surface area contributed by atoms with Gasteiger partial charge in [0.25, 0.3) is 0 Å². The smallest absolute Gasteiger partial charge is 0.325 e. The molecule has 0 radical (unpaired) electrons. The molecule has 0 unspecified atom stereocenters. The number of carbonyl (C=O) groups excluding carboxylic acids is 2. The molecule has 2 aromatic carbocycles. The van der Waals surface area contributed by atoms with Crippen LogP contribution in [0.15, 0.2) is 36.4 Å². The number of hydrogen-bond acceptors (Lipinski definition) is 3. The largest absolute Gasteiger partial charge is 0.417 e. The van der Waals surface area contributed by atoms with Gasteiger partial charge in [0.05, 0.1) is 34.4 Å². The van der Waals surface area contributed by atoms with E-state index in [-0.39, 0.29) is 18.8 Å². The fraction of sp³-hybridized carbons (Fsp3) is 0.263. The summed E-state index contributed by atoms with van der Waals surface area (Å²) in [4.78, 5) is 25.6. The minimum Gasteiger partial charge on any atom is -0.325 e. The highest BCUT2D eigenvalue weighted by atomic mass is 35.5. The number of halogens is 5. The first-order valence-electron chi connectivity index (χ1n) is 8.37. The molecule has 29 heavy (non-hydrogen) atoms. The maximum absolute atomic E-state index is 12.9. The fourth-order valence-electron chi connectivity index (χ4n) is 2.48. The van der Waals surface area contributed by atoms with Gasteiger partial charge in [0, 0.05) is 5.69 Å². The first-order valence-corrected chi connectivity index (χ1v) is 9.12. The van der Waals surface area contributed by atoms with E-state index < -0.39 is 28.6 Å². The van der Waals surface area contributed by atoms with Crippen molar-refractivity contribution >= 4 is 46.4 Å². The maximum Gasteiger partial charge on any atom is 0.417 e. The van der Waals surface area contributed by atoms with Crippen LogP contribution < -0.4 is 10.6 Å². The van der Waals surface area contributed by atoms with E-state index in [4.69, 9.17) is 23.2 Å². The lowest BCUT2D eigenvalue weighted by molar-refractivity contribution is -0.137. The number of anilines is 2. The average Bonchev–Trinajstić information content (AvgIpc) is 2.57. The van der Waals surface area contributed by atoms with Gasteiger partial charge in [-0.3, -0.25) is 14.5 Å². The van der Waals surface area contributed by atoms with Crippen LogP contribution >= 0.6 is 23.2 Å². The van der Waals surface area contributed by atoms with Gasteiger partial charge >= 0.3 is 6.18 Å². The zero-order valence-electron chi connectivity index (χ0n) is 15.5. The number of likely N-dealkylation sites (N-methyl/N-ethyl adjacent to an activating group) is 1. The number of alkyl halides is 3. The van der Waals surface area contributed by atoms with Gasteiger partial charge in [0.1, 0.15) is 0 Å². The summed E-state index contributed by atoms with van der Waals surface area (Å²) in [6, 6.07) is 8.24. The molecule has 0 atom stereocenters. The molecule has 0 spiro atoms. The van der Waals surface area contributed by atoms with Gasteiger partial charge in [-0.05, 0) is 49.9 Å². The Balaban J connectivity index is 1.91. The van der Waals surface area contributed by atoms with Crippen LogP contribution in [-0.2, 0) is 15.8 Å². The highest BCUT2D eigenvalue weighted by Gasteiger charge is 2.33. The summed E-state index contributed by atoms with van der Waals surface area (Å²) >= 11 is 11.6. The third-order valence-electron chi connectivity index (χ3n) is 3.78. The van der Waals surface area contributed by atoms with Crippen molar-refractivity contribution in [1.82, 2.24) is 4.90 Å². The minimum absolute atomic E-state index is 0.0454.